The van der Waals surface area contributed by atoms with E-state index in [2.05, 4.69) is 5.10 Å². The van der Waals surface area contributed by atoms with E-state index in [1.54, 1.807) is 11.7 Å². The summed E-state index contributed by atoms with van der Waals surface area (Å²) >= 11 is 0. The van der Waals surface area contributed by atoms with E-state index in [-0.39, 0.29) is 5.88 Å². The van der Waals surface area contributed by atoms with Gasteiger partial charge in [0.2, 0.25) is 0 Å². The van der Waals surface area contributed by atoms with Crippen molar-refractivity contribution in [3.63, 3.8) is 0 Å². The Morgan fingerprint density at radius 1 is 1.21 bits per heavy atom. The molecule has 14 heavy (non-hydrogen) atoms. The first-order chi connectivity index (χ1) is 6.70. The van der Waals surface area contributed by atoms with Crippen LogP contribution in [0.1, 0.15) is 5.69 Å². The molecule has 0 saturated heterocycles. The fraction of sp³-hybridized carbons (Fsp3) is 0.182. The Morgan fingerprint density at radius 2 is 1.86 bits per heavy atom. The molecule has 0 amide bonds. The normalized spacial score (nSPS) is 10.4. The zero-order valence-corrected chi connectivity index (χ0v) is 8.19. The van der Waals surface area contributed by atoms with Crippen LogP contribution < -0.4 is 5.11 Å². The van der Waals surface area contributed by atoms with Crippen LogP contribution in [-0.4, -0.2) is 9.78 Å². The minimum Gasteiger partial charge on any atom is -0.857 e. The van der Waals surface area contributed by atoms with E-state index in [4.69, 9.17) is 0 Å². The molecule has 3 nitrogen and oxygen atoms in total. The van der Waals surface area contributed by atoms with Crippen molar-refractivity contribution in [1.82, 2.24) is 9.78 Å². The molecule has 0 atom stereocenters. The zero-order valence-electron chi connectivity index (χ0n) is 8.19. The average molecular weight is 187 g/mol. The van der Waals surface area contributed by atoms with Gasteiger partial charge in [-0.2, -0.15) is 5.10 Å². The summed E-state index contributed by atoms with van der Waals surface area (Å²) in [6, 6.07) is 9.61. The van der Waals surface area contributed by atoms with E-state index in [0.717, 1.165) is 11.3 Å². The van der Waals surface area contributed by atoms with E-state index in [0.29, 0.717) is 5.56 Å². The van der Waals surface area contributed by atoms with Gasteiger partial charge in [0.1, 0.15) is 0 Å². The molecule has 0 aliphatic carbocycles. The highest BCUT2D eigenvalue weighted by Gasteiger charge is 2.07. The van der Waals surface area contributed by atoms with Crippen LogP contribution in [0.5, 0.6) is 5.88 Å². The van der Waals surface area contributed by atoms with Crippen molar-refractivity contribution >= 4 is 0 Å². The van der Waals surface area contributed by atoms with Gasteiger partial charge < -0.3 is 5.11 Å². The van der Waals surface area contributed by atoms with Crippen LogP contribution in [0.25, 0.3) is 11.1 Å². The molecular weight excluding hydrogens is 176 g/mol. The summed E-state index contributed by atoms with van der Waals surface area (Å²) in [6.07, 6.45) is 0. The SMILES string of the molecule is Cc1c(-c2ccccc2)c([O-])nn1C. The second kappa shape index (κ2) is 3.18. The Kier molecular flexibility index (Phi) is 2.00. The number of aryl methyl sites for hydroxylation is 1. The van der Waals surface area contributed by atoms with Crippen LogP contribution >= 0.6 is 0 Å². The van der Waals surface area contributed by atoms with E-state index in [1.807, 2.05) is 37.3 Å². The highest BCUT2D eigenvalue weighted by molar-refractivity contribution is 5.70. The summed E-state index contributed by atoms with van der Waals surface area (Å²) < 4.78 is 1.62. The monoisotopic (exact) mass is 187 g/mol. The first-order valence-electron chi connectivity index (χ1n) is 4.46. The molecule has 0 bridgehead atoms. The first-order valence-corrected chi connectivity index (χ1v) is 4.46. The number of benzene rings is 1. The van der Waals surface area contributed by atoms with Gasteiger partial charge in [0.25, 0.3) is 0 Å². The van der Waals surface area contributed by atoms with Crippen molar-refractivity contribution < 1.29 is 5.11 Å². The summed E-state index contributed by atoms with van der Waals surface area (Å²) in [6.45, 7) is 1.90. The standard InChI is InChI=1S/C11H12N2O/c1-8-10(11(14)12-13(8)2)9-6-4-3-5-7-9/h3-7H,1-2H3,(H,12,14)/p-1. The molecule has 0 fully saturated rings. The van der Waals surface area contributed by atoms with Crippen LogP contribution in [0.3, 0.4) is 0 Å². The number of aromatic nitrogens is 2. The van der Waals surface area contributed by atoms with Gasteiger partial charge in [-0.25, -0.2) is 0 Å². The molecule has 0 aliphatic heterocycles. The second-order valence-electron chi connectivity index (χ2n) is 3.26. The first kappa shape index (κ1) is 8.81. The molecule has 2 aromatic rings. The van der Waals surface area contributed by atoms with Gasteiger partial charge in [0.05, 0.1) is 0 Å². The molecule has 0 N–H and O–H groups in total. The molecule has 1 aromatic carbocycles. The lowest BCUT2D eigenvalue weighted by atomic mass is 10.1. The summed E-state index contributed by atoms with van der Waals surface area (Å²) in [5, 5.41) is 15.4. The van der Waals surface area contributed by atoms with Crippen molar-refractivity contribution in [3.05, 3.63) is 36.0 Å². The molecule has 0 saturated carbocycles. The van der Waals surface area contributed by atoms with Crippen molar-refractivity contribution in [3.8, 4) is 17.0 Å². The summed E-state index contributed by atoms with van der Waals surface area (Å²) in [4.78, 5) is 0. The molecule has 0 spiro atoms. The predicted molar refractivity (Wildman–Crippen MR) is 52.8 cm³/mol. The van der Waals surface area contributed by atoms with Crippen molar-refractivity contribution in [1.29, 1.82) is 0 Å². The summed E-state index contributed by atoms with van der Waals surface area (Å²) in [5.74, 6) is -0.156. The molecule has 1 heterocycles. The minimum absolute atomic E-state index is 0.156. The minimum atomic E-state index is -0.156. The lowest BCUT2D eigenvalue weighted by Gasteiger charge is -2.05. The fourth-order valence-electron chi connectivity index (χ4n) is 1.51. The van der Waals surface area contributed by atoms with Crippen LogP contribution in [0.15, 0.2) is 30.3 Å². The van der Waals surface area contributed by atoms with Gasteiger partial charge in [0.15, 0.2) is 0 Å². The molecule has 1 aromatic heterocycles. The third-order valence-electron chi connectivity index (χ3n) is 2.36. The molecule has 0 aliphatic rings. The predicted octanol–water partition coefficient (Wildman–Crippen LogP) is 1.47. The Labute approximate surface area is 82.6 Å². The van der Waals surface area contributed by atoms with E-state index >= 15 is 0 Å². The lowest BCUT2D eigenvalue weighted by Crippen LogP contribution is -1.94. The van der Waals surface area contributed by atoms with Gasteiger partial charge >= 0.3 is 0 Å². The van der Waals surface area contributed by atoms with E-state index < -0.39 is 0 Å². The summed E-state index contributed by atoms with van der Waals surface area (Å²) in [5.41, 5.74) is 2.54. The molecule has 0 radical (unpaired) electrons. The summed E-state index contributed by atoms with van der Waals surface area (Å²) in [7, 11) is 1.78. The van der Waals surface area contributed by atoms with Gasteiger partial charge in [-0.15, -0.1) is 0 Å². The lowest BCUT2D eigenvalue weighted by molar-refractivity contribution is -0.274. The van der Waals surface area contributed by atoms with Crippen molar-refractivity contribution in [2.45, 2.75) is 6.92 Å². The van der Waals surface area contributed by atoms with Gasteiger partial charge in [-0.1, -0.05) is 30.3 Å². The molecular formula is C11H11N2O-. The molecule has 3 heteroatoms. The quantitative estimate of drug-likeness (QED) is 0.678. The molecule has 2 rings (SSSR count). The smallest absolute Gasteiger partial charge is 0.0421 e. The maximum atomic E-state index is 11.5. The van der Waals surface area contributed by atoms with Gasteiger partial charge in [0, 0.05) is 24.2 Å². The third-order valence-corrected chi connectivity index (χ3v) is 2.36. The number of hydrogen-bond donors (Lipinski definition) is 0. The maximum absolute atomic E-state index is 11.5. The molecule has 72 valence electrons. The Morgan fingerprint density at radius 3 is 2.36 bits per heavy atom. The fourth-order valence-corrected chi connectivity index (χ4v) is 1.51. The van der Waals surface area contributed by atoms with E-state index in [1.165, 1.54) is 0 Å². The van der Waals surface area contributed by atoms with Crippen LogP contribution in [-0.2, 0) is 7.05 Å². The maximum Gasteiger partial charge on any atom is 0.0421 e. The van der Waals surface area contributed by atoms with Crippen LogP contribution in [0.4, 0.5) is 0 Å². The van der Waals surface area contributed by atoms with Crippen LogP contribution in [0, 0.1) is 6.92 Å². The largest absolute Gasteiger partial charge is 0.857 e. The number of rotatable bonds is 1. The van der Waals surface area contributed by atoms with Crippen molar-refractivity contribution in [2.75, 3.05) is 0 Å². The second-order valence-corrected chi connectivity index (χ2v) is 3.26. The Hall–Kier alpha value is -1.77. The zero-order chi connectivity index (χ0) is 10.1. The number of nitrogens with zero attached hydrogens (tertiary/aromatic N) is 2. The van der Waals surface area contributed by atoms with Gasteiger partial charge in [-0.05, 0) is 12.5 Å². The van der Waals surface area contributed by atoms with Crippen molar-refractivity contribution in [2.24, 2.45) is 7.05 Å². The van der Waals surface area contributed by atoms with E-state index in [9.17, 15) is 5.11 Å². The Balaban J connectivity index is 2.62. The molecule has 0 unspecified atom stereocenters. The third kappa shape index (κ3) is 1.27. The average Bonchev–Trinajstić information content (AvgIpc) is 2.43. The highest BCUT2D eigenvalue weighted by Crippen LogP contribution is 2.28. The van der Waals surface area contributed by atoms with Crippen LogP contribution in [0.2, 0.25) is 0 Å². The van der Waals surface area contributed by atoms with Gasteiger partial charge in [-0.3, -0.25) is 4.68 Å². The highest BCUT2D eigenvalue weighted by atomic mass is 16.3. The number of hydrogen-bond acceptors (Lipinski definition) is 2. The Bertz CT molecular complexity index is 446. The topological polar surface area (TPSA) is 40.9 Å².